The SMILES string of the molecule is CCN(CC)Cc1ccc2cc(COC(=O)Nc3cnc(C(=O)NO)cc3F)ccc2c1. The average Bonchev–Trinajstić information content (AvgIpc) is 2.81. The fourth-order valence-corrected chi connectivity index (χ4v) is 3.24. The van der Waals surface area contributed by atoms with Gasteiger partial charge in [0.05, 0.1) is 11.9 Å². The van der Waals surface area contributed by atoms with Crippen LogP contribution in [0.1, 0.15) is 35.5 Å². The second-order valence-electron chi connectivity index (χ2n) is 7.17. The molecule has 0 radical (unpaired) electrons. The van der Waals surface area contributed by atoms with Crippen molar-refractivity contribution >= 4 is 28.5 Å². The Labute approximate surface area is 185 Å². The lowest BCUT2D eigenvalue weighted by atomic mass is 10.0. The Bertz CT molecular complexity index is 1120. The molecular weight excluding hydrogens is 415 g/mol. The zero-order chi connectivity index (χ0) is 23.1. The van der Waals surface area contributed by atoms with Gasteiger partial charge in [0.15, 0.2) is 5.82 Å². The number of carbonyl (C=O) groups excluding carboxylic acids is 2. The van der Waals surface area contributed by atoms with Crippen molar-refractivity contribution in [3.05, 3.63) is 71.3 Å². The van der Waals surface area contributed by atoms with Crippen LogP contribution in [0.25, 0.3) is 10.8 Å². The molecule has 8 nitrogen and oxygen atoms in total. The molecule has 0 atom stereocenters. The first kappa shape index (κ1) is 23.1. The van der Waals surface area contributed by atoms with Crippen molar-refractivity contribution in [1.29, 1.82) is 0 Å². The molecule has 168 valence electrons. The average molecular weight is 440 g/mol. The topological polar surface area (TPSA) is 104 Å². The van der Waals surface area contributed by atoms with E-state index in [0.717, 1.165) is 48.2 Å². The first-order valence-corrected chi connectivity index (χ1v) is 10.2. The van der Waals surface area contributed by atoms with E-state index in [4.69, 9.17) is 9.94 Å². The molecule has 0 bridgehead atoms. The van der Waals surface area contributed by atoms with Gasteiger partial charge in [-0.05, 0) is 47.1 Å². The van der Waals surface area contributed by atoms with Crippen molar-refractivity contribution in [2.24, 2.45) is 0 Å². The first-order chi connectivity index (χ1) is 15.4. The molecule has 3 aromatic rings. The maximum Gasteiger partial charge on any atom is 0.412 e. The number of nitrogens with one attached hydrogen (secondary N) is 2. The van der Waals surface area contributed by atoms with E-state index in [1.54, 1.807) is 0 Å². The van der Waals surface area contributed by atoms with Crippen LogP contribution < -0.4 is 10.8 Å². The summed E-state index contributed by atoms with van der Waals surface area (Å²) in [6.45, 7) is 7.17. The van der Waals surface area contributed by atoms with Crippen molar-refractivity contribution < 1.29 is 23.9 Å². The van der Waals surface area contributed by atoms with Crippen LogP contribution >= 0.6 is 0 Å². The number of anilines is 1. The number of aromatic nitrogens is 1. The fourth-order valence-electron chi connectivity index (χ4n) is 3.24. The largest absolute Gasteiger partial charge is 0.444 e. The minimum Gasteiger partial charge on any atom is -0.444 e. The van der Waals surface area contributed by atoms with Gasteiger partial charge in [-0.15, -0.1) is 0 Å². The number of amides is 2. The molecule has 0 saturated heterocycles. The quantitative estimate of drug-likeness (QED) is 0.360. The summed E-state index contributed by atoms with van der Waals surface area (Å²) in [7, 11) is 0. The van der Waals surface area contributed by atoms with Crippen LogP contribution in [0.15, 0.2) is 48.7 Å². The van der Waals surface area contributed by atoms with E-state index in [0.29, 0.717) is 0 Å². The van der Waals surface area contributed by atoms with E-state index in [1.165, 1.54) is 11.0 Å². The van der Waals surface area contributed by atoms with Crippen LogP contribution in [0, 0.1) is 5.82 Å². The van der Waals surface area contributed by atoms with Gasteiger partial charge in [0.1, 0.15) is 12.3 Å². The maximum absolute atomic E-state index is 14.0. The summed E-state index contributed by atoms with van der Waals surface area (Å²) in [6.07, 6.45) is 0.104. The van der Waals surface area contributed by atoms with Crippen LogP contribution in [0.5, 0.6) is 0 Å². The molecule has 2 amide bonds. The first-order valence-electron chi connectivity index (χ1n) is 10.2. The second kappa shape index (κ2) is 10.7. The van der Waals surface area contributed by atoms with E-state index in [-0.39, 0.29) is 18.0 Å². The molecule has 0 fully saturated rings. The van der Waals surface area contributed by atoms with Gasteiger partial charge in [0.2, 0.25) is 0 Å². The summed E-state index contributed by atoms with van der Waals surface area (Å²) >= 11 is 0. The van der Waals surface area contributed by atoms with E-state index < -0.39 is 17.8 Å². The highest BCUT2D eigenvalue weighted by Gasteiger charge is 2.13. The molecule has 9 heteroatoms. The highest BCUT2D eigenvalue weighted by Crippen LogP contribution is 2.20. The van der Waals surface area contributed by atoms with Crippen molar-refractivity contribution in [3.8, 4) is 0 Å². The molecular formula is C23H25FN4O4. The molecule has 0 spiro atoms. The number of carbonyl (C=O) groups is 2. The second-order valence-corrected chi connectivity index (χ2v) is 7.17. The maximum atomic E-state index is 14.0. The number of rotatable bonds is 8. The predicted octanol–water partition coefficient (Wildman–Crippen LogP) is 4.08. The van der Waals surface area contributed by atoms with Gasteiger partial charge in [-0.3, -0.25) is 20.2 Å². The fraction of sp³-hybridized carbons (Fsp3) is 0.261. The molecule has 32 heavy (non-hydrogen) atoms. The Kier molecular flexibility index (Phi) is 7.69. The van der Waals surface area contributed by atoms with E-state index in [9.17, 15) is 14.0 Å². The normalized spacial score (nSPS) is 10.9. The number of ether oxygens (including phenoxy) is 1. The number of pyridine rings is 1. The molecule has 1 aromatic heterocycles. The van der Waals surface area contributed by atoms with Gasteiger partial charge in [-0.1, -0.05) is 38.1 Å². The Morgan fingerprint density at radius 1 is 1.06 bits per heavy atom. The molecule has 0 aliphatic heterocycles. The predicted molar refractivity (Wildman–Crippen MR) is 118 cm³/mol. The van der Waals surface area contributed by atoms with Crippen LogP contribution in [0.2, 0.25) is 0 Å². The third-order valence-corrected chi connectivity index (χ3v) is 5.06. The number of benzene rings is 2. The van der Waals surface area contributed by atoms with Gasteiger partial charge >= 0.3 is 6.09 Å². The highest BCUT2D eigenvalue weighted by molar-refractivity contribution is 5.92. The third kappa shape index (κ3) is 5.77. The number of nitrogens with zero attached hydrogens (tertiary/aromatic N) is 2. The van der Waals surface area contributed by atoms with Gasteiger partial charge in [0, 0.05) is 12.6 Å². The zero-order valence-corrected chi connectivity index (χ0v) is 17.9. The van der Waals surface area contributed by atoms with Gasteiger partial charge in [-0.25, -0.2) is 19.6 Å². The molecule has 2 aromatic carbocycles. The van der Waals surface area contributed by atoms with E-state index >= 15 is 0 Å². The third-order valence-electron chi connectivity index (χ3n) is 5.06. The molecule has 0 saturated carbocycles. The minimum atomic E-state index is -0.963. The van der Waals surface area contributed by atoms with Crippen LogP contribution in [0.4, 0.5) is 14.9 Å². The Morgan fingerprint density at radius 2 is 1.72 bits per heavy atom. The lowest BCUT2D eigenvalue weighted by molar-refractivity contribution is 0.0700. The van der Waals surface area contributed by atoms with Crippen LogP contribution in [-0.4, -0.2) is 40.2 Å². The van der Waals surface area contributed by atoms with Crippen molar-refractivity contribution in [2.45, 2.75) is 27.0 Å². The summed E-state index contributed by atoms with van der Waals surface area (Å²) in [4.78, 5) is 29.3. The number of fused-ring (bicyclic) bond motifs is 1. The summed E-state index contributed by atoms with van der Waals surface area (Å²) in [5.74, 6) is -1.85. The molecule has 0 unspecified atom stereocenters. The zero-order valence-electron chi connectivity index (χ0n) is 17.9. The summed E-state index contributed by atoms with van der Waals surface area (Å²) in [6, 6.07) is 12.9. The Hall–Kier alpha value is -3.56. The van der Waals surface area contributed by atoms with Crippen molar-refractivity contribution in [3.63, 3.8) is 0 Å². The van der Waals surface area contributed by atoms with Crippen molar-refractivity contribution in [2.75, 3.05) is 18.4 Å². The van der Waals surface area contributed by atoms with Crippen molar-refractivity contribution in [1.82, 2.24) is 15.4 Å². The lowest BCUT2D eigenvalue weighted by Gasteiger charge is -2.18. The number of halogens is 1. The monoisotopic (exact) mass is 440 g/mol. The van der Waals surface area contributed by atoms with Gasteiger partial charge in [0.25, 0.3) is 5.91 Å². The van der Waals surface area contributed by atoms with Gasteiger partial charge < -0.3 is 4.74 Å². The molecule has 0 aliphatic carbocycles. The number of hydroxylamine groups is 1. The molecule has 3 rings (SSSR count). The summed E-state index contributed by atoms with van der Waals surface area (Å²) in [5, 5.41) is 12.9. The smallest absolute Gasteiger partial charge is 0.412 e. The molecule has 0 aliphatic rings. The summed E-state index contributed by atoms with van der Waals surface area (Å²) in [5.41, 5.74) is 2.80. The molecule has 1 heterocycles. The molecule has 3 N–H and O–H groups in total. The van der Waals surface area contributed by atoms with Crippen LogP contribution in [-0.2, 0) is 17.9 Å². The number of hydrogen-bond acceptors (Lipinski definition) is 6. The number of hydrogen-bond donors (Lipinski definition) is 3. The lowest BCUT2D eigenvalue weighted by Crippen LogP contribution is -2.21. The highest BCUT2D eigenvalue weighted by atomic mass is 19.1. The van der Waals surface area contributed by atoms with Crippen LogP contribution in [0.3, 0.4) is 0 Å². The Morgan fingerprint density at radius 3 is 2.34 bits per heavy atom. The van der Waals surface area contributed by atoms with E-state index in [2.05, 4.69) is 41.2 Å². The minimum absolute atomic E-state index is 0.00300. The van der Waals surface area contributed by atoms with Gasteiger partial charge in [-0.2, -0.15) is 0 Å². The summed E-state index contributed by atoms with van der Waals surface area (Å²) < 4.78 is 19.2. The Balaban J connectivity index is 1.60. The van der Waals surface area contributed by atoms with E-state index in [1.807, 2.05) is 24.3 Å². The standard InChI is InChI=1S/C23H25FN4O4/c1-3-28(4-2)13-15-5-7-18-10-16(6-8-17(18)9-15)14-32-23(30)26-21-12-25-20(11-19(21)24)22(29)27-31/h5-12,31H,3-4,13-14H2,1-2H3,(H,26,30)(H,27,29).